The number of Topliss-reactive ketones (excluding diaryl/α,β-unsaturated/α-hetero) is 1. The van der Waals surface area contributed by atoms with Crippen LogP contribution in [0.3, 0.4) is 0 Å². The van der Waals surface area contributed by atoms with E-state index in [-0.39, 0.29) is 45.0 Å². The second kappa shape index (κ2) is 9.95. The first-order chi connectivity index (χ1) is 20.2. The van der Waals surface area contributed by atoms with Gasteiger partial charge in [0.2, 0.25) is 0 Å². The Bertz CT molecular complexity index is 2150. The molecule has 0 radical (unpaired) electrons. The number of carbonyl (C=O) groups excluding carboxylic acids is 1. The Labute approximate surface area is 253 Å². The van der Waals surface area contributed by atoms with E-state index in [1.807, 2.05) is 20.8 Å². The first-order valence-corrected chi connectivity index (χ1v) is 16.3. The minimum absolute atomic E-state index is 0.00878. The molecule has 12 nitrogen and oxygen atoms in total. The van der Waals surface area contributed by atoms with Crippen molar-refractivity contribution in [1.29, 1.82) is 5.41 Å². The highest BCUT2D eigenvalue weighted by Crippen LogP contribution is 2.50. The van der Waals surface area contributed by atoms with Gasteiger partial charge in [0.25, 0.3) is 20.2 Å². The van der Waals surface area contributed by atoms with Crippen molar-refractivity contribution >= 4 is 54.2 Å². The molecular formula is C30H30N2O10S2. The molecule has 14 heteroatoms. The van der Waals surface area contributed by atoms with E-state index < -0.39 is 63.7 Å². The van der Waals surface area contributed by atoms with Crippen LogP contribution in [0.5, 0.6) is 0 Å². The van der Waals surface area contributed by atoms with Gasteiger partial charge in [-0.05, 0) is 75.4 Å². The number of ketones is 1. The number of carboxylic acids is 1. The van der Waals surface area contributed by atoms with Gasteiger partial charge in [0, 0.05) is 22.1 Å². The molecule has 2 heterocycles. The van der Waals surface area contributed by atoms with Gasteiger partial charge in [0.05, 0.1) is 22.0 Å². The molecule has 232 valence electrons. The van der Waals surface area contributed by atoms with Crippen LogP contribution in [0.1, 0.15) is 58.1 Å². The van der Waals surface area contributed by atoms with Crippen molar-refractivity contribution in [2.45, 2.75) is 62.3 Å². The van der Waals surface area contributed by atoms with Crippen molar-refractivity contribution in [2.24, 2.45) is 5.41 Å². The molecule has 0 spiro atoms. The van der Waals surface area contributed by atoms with E-state index in [9.17, 15) is 40.6 Å². The second-order valence-corrected chi connectivity index (χ2v) is 14.8. The van der Waals surface area contributed by atoms with Crippen molar-refractivity contribution in [2.75, 3.05) is 5.32 Å². The standard InChI is InChI=1S/C30H30N2O10S2/c1-14-13-29(3,4)32-23-19(14)12-20-22(16-8-10-30(5,15(2)33)11-9-17(16)28(34)35)18-6-7-21(31)26(43(36,37)38)24(18)42-25(20)27(23)44(39,40)41/h6-12,14,31-32H,13H2,1-5H3,(H,34,35)(H,36,37,38)(H,39,40,41). The number of allylic oxidation sites excluding steroid dienone is 4. The largest absolute Gasteiger partial charge is 0.478 e. The minimum Gasteiger partial charge on any atom is -0.478 e. The number of aliphatic carboxylic acids is 1. The Kier molecular flexibility index (Phi) is 7.09. The van der Waals surface area contributed by atoms with E-state index in [0.717, 1.165) is 6.07 Å². The zero-order valence-corrected chi connectivity index (χ0v) is 26.0. The zero-order chi connectivity index (χ0) is 32.7. The molecule has 5 rings (SSSR count). The predicted octanol–water partition coefficient (Wildman–Crippen LogP) is 4.77. The summed E-state index contributed by atoms with van der Waals surface area (Å²) < 4.78 is 77.9. The molecule has 44 heavy (non-hydrogen) atoms. The molecule has 0 saturated carbocycles. The van der Waals surface area contributed by atoms with E-state index in [4.69, 9.17) is 9.83 Å². The summed E-state index contributed by atoms with van der Waals surface area (Å²) >= 11 is 0. The highest BCUT2D eigenvalue weighted by atomic mass is 32.2. The first-order valence-electron chi connectivity index (χ1n) is 13.4. The summed E-state index contributed by atoms with van der Waals surface area (Å²) in [5.74, 6) is -2.61. The smallest absolute Gasteiger partial charge is 0.336 e. The molecule has 0 aromatic heterocycles. The lowest BCUT2D eigenvalue weighted by Gasteiger charge is -2.38. The van der Waals surface area contributed by atoms with Crippen molar-refractivity contribution in [3.05, 3.63) is 64.6 Å². The van der Waals surface area contributed by atoms with Crippen molar-refractivity contribution in [3.8, 4) is 11.3 Å². The van der Waals surface area contributed by atoms with Crippen LogP contribution in [0.2, 0.25) is 0 Å². The quantitative estimate of drug-likeness (QED) is 0.189. The van der Waals surface area contributed by atoms with Crippen LogP contribution in [0.25, 0.3) is 27.9 Å². The molecular weight excluding hydrogens is 612 g/mol. The molecule has 0 fully saturated rings. The van der Waals surface area contributed by atoms with Crippen LogP contribution >= 0.6 is 0 Å². The third kappa shape index (κ3) is 5.07. The lowest BCUT2D eigenvalue weighted by molar-refractivity contribution is -0.132. The number of rotatable bonds is 5. The van der Waals surface area contributed by atoms with Gasteiger partial charge in [-0.3, -0.25) is 19.3 Å². The molecule has 4 aliphatic rings. The maximum absolute atomic E-state index is 13.1. The highest BCUT2D eigenvalue weighted by Gasteiger charge is 2.38. The van der Waals surface area contributed by atoms with Crippen LogP contribution in [0.15, 0.2) is 62.3 Å². The molecule has 1 aromatic rings. The number of fused-ring (bicyclic) bond motifs is 3. The number of benzene rings is 2. The minimum atomic E-state index is -5.15. The highest BCUT2D eigenvalue weighted by molar-refractivity contribution is 7.86. The van der Waals surface area contributed by atoms with E-state index >= 15 is 0 Å². The summed E-state index contributed by atoms with van der Waals surface area (Å²) in [6.07, 6.45) is 6.03. The molecule has 2 atom stereocenters. The fourth-order valence-corrected chi connectivity index (χ4v) is 7.56. The first kappa shape index (κ1) is 31.3. The van der Waals surface area contributed by atoms with E-state index in [1.165, 1.54) is 37.3 Å². The average molecular weight is 643 g/mol. The number of carboxylic acid groups (broad SMARTS) is 1. The monoisotopic (exact) mass is 642 g/mol. The molecule has 2 aliphatic heterocycles. The molecule has 2 unspecified atom stereocenters. The predicted molar refractivity (Wildman–Crippen MR) is 161 cm³/mol. The molecule has 0 saturated heterocycles. The summed E-state index contributed by atoms with van der Waals surface area (Å²) in [6, 6.07) is 3.95. The summed E-state index contributed by atoms with van der Waals surface area (Å²) in [5, 5.41) is 21.0. The number of nitrogens with one attached hydrogen (secondary N) is 2. The van der Waals surface area contributed by atoms with Gasteiger partial charge < -0.3 is 14.8 Å². The Morgan fingerprint density at radius 2 is 1.64 bits per heavy atom. The van der Waals surface area contributed by atoms with Crippen molar-refractivity contribution in [3.63, 3.8) is 0 Å². The van der Waals surface area contributed by atoms with Crippen LogP contribution in [-0.4, -0.2) is 48.3 Å². The van der Waals surface area contributed by atoms with Crippen molar-refractivity contribution in [1.82, 2.24) is 0 Å². The second-order valence-electron chi connectivity index (χ2n) is 12.0. The number of anilines is 1. The van der Waals surface area contributed by atoms with Gasteiger partial charge in [-0.2, -0.15) is 16.8 Å². The summed E-state index contributed by atoms with van der Waals surface area (Å²) in [6.45, 7) is 8.42. The Morgan fingerprint density at radius 3 is 2.20 bits per heavy atom. The summed E-state index contributed by atoms with van der Waals surface area (Å²) in [4.78, 5) is 23.5. The number of carbonyl (C=O) groups is 2. The van der Waals surface area contributed by atoms with E-state index in [1.54, 1.807) is 13.0 Å². The van der Waals surface area contributed by atoms with Crippen LogP contribution < -0.4 is 10.7 Å². The van der Waals surface area contributed by atoms with Gasteiger partial charge >= 0.3 is 5.97 Å². The van der Waals surface area contributed by atoms with Gasteiger partial charge in [-0.15, -0.1) is 0 Å². The van der Waals surface area contributed by atoms with E-state index in [0.29, 0.717) is 12.0 Å². The fraction of sp³-hybridized carbons (Fsp3) is 0.300. The molecule has 2 aliphatic carbocycles. The Hall–Kier alpha value is -4.11. The summed E-state index contributed by atoms with van der Waals surface area (Å²) in [7, 11) is -10.3. The molecule has 5 N–H and O–H groups in total. The maximum atomic E-state index is 13.1. The lowest BCUT2D eigenvalue weighted by atomic mass is 9.80. The normalized spacial score (nSPS) is 21.7. The fourth-order valence-electron chi connectivity index (χ4n) is 6.02. The molecule has 0 amide bonds. The van der Waals surface area contributed by atoms with Crippen molar-refractivity contribution < 1.29 is 45.1 Å². The van der Waals surface area contributed by atoms with Gasteiger partial charge in [0.15, 0.2) is 21.1 Å². The lowest BCUT2D eigenvalue weighted by Crippen LogP contribution is -2.37. The number of hydrogen-bond donors (Lipinski definition) is 5. The third-order valence-corrected chi connectivity index (χ3v) is 10.0. The van der Waals surface area contributed by atoms with Crippen LogP contribution in [0.4, 0.5) is 5.69 Å². The van der Waals surface area contributed by atoms with Gasteiger partial charge in [-0.25, -0.2) is 4.79 Å². The summed E-state index contributed by atoms with van der Waals surface area (Å²) in [5.41, 5.74) is -2.35. The van der Waals surface area contributed by atoms with E-state index in [2.05, 4.69) is 5.32 Å². The van der Waals surface area contributed by atoms with Gasteiger partial charge in [0.1, 0.15) is 5.78 Å². The third-order valence-electron chi connectivity index (χ3n) is 8.19. The molecule has 0 bridgehead atoms. The van der Waals surface area contributed by atoms with Crippen LogP contribution in [0, 0.1) is 10.8 Å². The average Bonchev–Trinajstić information content (AvgIpc) is 3.04. The molecule has 1 aromatic carbocycles. The van der Waals surface area contributed by atoms with Crippen LogP contribution in [-0.2, 0) is 29.8 Å². The van der Waals surface area contributed by atoms with Gasteiger partial charge in [-0.1, -0.05) is 25.2 Å². The maximum Gasteiger partial charge on any atom is 0.336 e. The topological polar surface area (TPSA) is 212 Å². The number of hydrogen-bond acceptors (Lipinski definition) is 9. The zero-order valence-electron chi connectivity index (χ0n) is 24.3. The Morgan fingerprint density at radius 1 is 1.02 bits per heavy atom. The Balaban J connectivity index is 2.12. The SMILES string of the molecule is CC(=O)C1(C)C=CC(C(=O)O)=C(c2c3ccc(=N)c(S(=O)(=O)O)c-3oc3c(S(=O)(=O)O)c4c(cc23)C(C)CC(C)(C)N4)C=C1.